The summed E-state index contributed by atoms with van der Waals surface area (Å²) in [5.74, 6) is 0.510. The molecule has 0 aliphatic carbocycles. The molecule has 2 heteroatoms. The molecular weight excluding hydrogens is 210 g/mol. The van der Waals surface area contributed by atoms with Crippen molar-refractivity contribution in [2.24, 2.45) is 5.92 Å². The zero-order valence-corrected chi connectivity index (χ0v) is 10.3. The van der Waals surface area contributed by atoms with Gasteiger partial charge in [-0.15, -0.1) is 0 Å². The minimum absolute atomic E-state index is 0.151. The lowest BCUT2D eigenvalue weighted by atomic mass is 9.83. The van der Waals surface area contributed by atoms with Crippen molar-refractivity contribution < 1.29 is 4.79 Å². The Labute approximate surface area is 103 Å². The smallest absolute Gasteiger partial charge is 0.130 e. The fraction of sp³-hybridized carbons (Fsp3) is 0.333. The van der Waals surface area contributed by atoms with Crippen LogP contribution in [-0.4, -0.2) is 5.78 Å². The quantitative estimate of drug-likeness (QED) is 0.723. The zero-order valence-electron chi connectivity index (χ0n) is 10.3. The van der Waals surface area contributed by atoms with Gasteiger partial charge in [0.2, 0.25) is 0 Å². The third-order valence-electron chi connectivity index (χ3n) is 2.84. The van der Waals surface area contributed by atoms with Crippen molar-refractivity contribution in [3.63, 3.8) is 0 Å². The van der Waals surface area contributed by atoms with Gasteiger partial charge in [0.25, 0.3) is 0 Å². The molecule has 0 heterocycles. The average Bonchev–Trinajstić information content (AvgIpc) is 2.34. The Morgan fingerprint density at radius 3 is 2.59 bits per heavy atom. The monoisotopic (exact) mass is 227 g/mol. The molecule has 0 aromatic heterocycles. The SMILES string of the molecule is CC(=O)C[C@H](c1ccccc1)[C@H](C)/C=C/C#N. The first-order valence-corrected chi connectivity index (χ1v) is 5.75. The first-order valence-electron chi connectivity index (χ1n) is 5.75. The summed E-state index contributed by atoms with van der Waals surface area (Å²) in [6.45, 7) is 3.64. The number of benzene rings is 1. The van der Waals surface area contributed by atoms with E-state index in [0.717, 1.165) is 5.56 Å². The normalized spacial score (nSPS) is 14.2. The van der Waals surface area contributed by atoms with E-state index in [0.29, 0.717) is 6.42 Å². The molecule has 0 saturated carbocycles. The summed E-state index contributed by atoms with van der Waals surface area (Å²) in [4.78, 5) is 11.3. The van der Waals surface area contributed by atoms with Crippen molar-refractivity contribution in [3.8, 4) is 6.07 Å². The van der Waals surface area contributed by atoms with E-state index < -0.39 is 0 Å². The molecule has 0 radical (unpaired) electrons. The number of hydrogen-bond donors (Lipinski definition) is 0. The second-order valence-corrected chi connectivity index (χ2v) is 4.27. The fourth-order valence-corrected chi connectivity index (χ4v) is 1.95. The number of hydrogen-bond acceptors (Lipinski definition) is 2. The Morgan fingerprint density at radius 1 is 1.41 bits per heavy atom. The highest BCUT2D eigenvalue weighted by Gasteiger charge is 2.18. The Kier molecular flexibility index (Phi) is 5.16. The molecule has 1 rings (SSSR count). The van der Waals surface area contributed by atoms with Gasteiger partial charge in [-0.1, -0.05) is 43.3 Å². The van der Waals surface area contributed by atoms with E-state index in [9.17, 15) is 4.79 Å². The molecule has 1 aromatic rings. The Morgan fingerprint density at radius 2 is 2.06 bits per heavy atom. The summed E-state index contributed by atoms with van der Waals surface area (Å²) in [5.41, 5.74) is 1.15. The van der Waals surface area contributed by atoms with Crippen LogP contribution in [0.3, 0.4) is 0 Å². The van der Waals surface area contributed by atoms with E-state index in [1.165, 1.54) is 6.08 Å². The van der Waals surface area contributed by atoms with Crippen molar-refractivity contribution in [1.82, 2.24) is 0 Å². The molecule has 0 saturated heterocycles. The maximum Gasteiger partial charge on any atom is 0.130 e. The first kappa shape index (κ1) is 13.2. The average molecular weight is 227 g/mol. The van der Waals surface area contributed by atoms with Gasteiger partial charge in [0.05, 0.1) is 6.07 Å². The van der Waals surface area contributed by atoms with Gasteiger partial charge in [-0.05, 0) is 24.3 Å². The van der Waals surface area contributed by atoms with E-state index >= 15 is 0 Å². The summed E-state index contributed by atoms with van der Waals surface area (Å²) < 4.78 is 0. The zero-order chi connectivity index (χ0) is 12.7. The summed E-state index contributed by atoms with van der Waals surface area (Å²) in [6.07, 6.45) is 3.86. The largest absolute Gasteiger partial charge is 0.300 e. The number of Topliss-reactive ketones (excluding diaryl/α,β-unsaturated/α-hetero) is 1. The van der Waals surface area contributed by atoms with Crippen molar-refractivity contribution in [1.29, 1.82) is 5.26 Å². The Hall–Kier alpha value is -1.88. The maximum atomic E-state index is 11.3. The third kappa shape index (κ3) is 4.24. The van der Waals surface area contributed by atoms with Crippen LogP contribution in [0.1, 0.15) is 31.7 Å². The van der Waals surface area contributed by atoms with Gasteiger partial charge >= 0.3 is 0 Å². The molecule has 0 N–H and O–H groups in total. The number of carbonyl (C=O) groups excluding carboxylic acids is 1. The fourth-order valence-electron chi connectivity index (χ4n) is 1.95. The molecule has 0 bridgehead atoms. The molecular formula is C15H17NO. The Balaban J connectivity index is 2.92. The number of nitriles is 1. The first-order chi connectivity index (χ1) is 8.15. The molecule has 88 valence electrons. The molecule has 17 heavy (non-hydrogen) atoms. The lowest BCUT2D eigenvalue weighted by Gasteiger charge is -2.20. The molecule has 0 aliphatic rings. The third-order valence-corrected chi connectivity index (χ3v) is 2.84. The van der Waals surface area contributed by atoms with E-state index in [4.69, 9.17) is 5.26 Å². The van der Waals surface area contributed by atoms with Crippen LogP contribution in [0.2, 0.25) is 0 Å². The molecule has 0 fully saturated rings. The summed E-state index contributed by atoms with van der Waals surface area (Å²) >= 11 is 0. The Bertz CT molecular complexity index is 428. The number of nitrogens with zero attached hydrogens (tertiary/aromatic N) is 1. The van der Waals surface area contributed by atoms with Crippen molar-refractivity contribution >= 4 is 5.78 Å². The van der Waals surface area contributed by atoms with Crippen LogP contribution in [-0.2, 0) is 4.79 Å². The second kappa shape index (κ2) is 6.65. The van der Waals surface area contributed by atoms with Gasteiger partial charge in [0.15, 0.2) is 0 Å². The van der Waals surface area contributed by atoms with Crippen LogP contribution in [0, 0.1) is 17.2 Å². The highest BCUT2D eigenvalue weighted by molar-refractivity contribution is 5.76. The predicted molar refractivity (Wildman–Crippen MR) is 68.4 cm³/mol. The summed E-state index contributed by atoms with van der Waals surface area (Å²) in [5, 5.41) is 8.55. The van der Waals surface area contributed by atoms with Gasteiger partial charge < -0.3 is 4.79 Å². The summed E-state index contributed by atoms with van der Waals surface area (Å²) in [6, 6.07) is 12.0. The van der Waals surface area contributed by atoms with Crippen molar-refractivity contribution in [2.45, 2.75) is 26.2 Å². The van der Waals surface area contributed by atoms with Gasteiger partial charge in [-0.25, -0.2) is 0 Å². The van der Waals surface area contributed by atoms with Crippen molar-refractivity contribution in [3.05, 3.63) is 48.0 Å². The number of rotatable bonds is 5. The number of carbonyl (C=O) groups is 1. The second-order valence-electron chi connectivity index (χ2n) is 4.27. The molecule has 0 amide bonds. The highest BCUT2D eigenvalue weighted by Crippen LogP contribution is 2.29. The van der Waals surface area contributed by atoms with Crippen LogP contribution in [0.25, 0.3) is 0 Å². The lowest BCUT2D eigenvalue weighted by Crippen LogP contribution is -2.11. The molecule has 0 spiro atoms. The van der Waals surface area contributed by atoms with Crippen LogP contribution in [0.15, 0.2) is 42.5 Å². The molecule has 0 aliphatic heterocycles. The van der Waals surface area contributed by atoms with E-state index in [-0.39, 0.29) is 17.6 Å². The van der Waals surface area contributed by atoms with Gasteiger partial charge in [-0.2, -0.15) is 5.26 Å². The molecule has 0 unspecified atom stereocenters. The minimum atomic E-state index is 0.151. The molecule has 1 aromatic carbocycles. The van der Waals surface area contributed by atoms with Crippen LogP contribution < -0.4 is 0 Å². The highest BCUT2D eigenvalue weighted by atomic mass is 16.1. The van der Waals surface area contributed by atoms with E-state index in [1.54, 1.807) is 6.92 Å². The van der Waals surface area contributed by atoms with Crippen LogP contribution in [0.5, 0.6) is 0 Å². The standard InChI is InChI=1S/C15H17NO/c1-12(7-6-10-16)15(11-13(2)17)14-8-4-3-5-9-14/h3-9,12,15H,11H2,1-2H3/b7-6+/t12-,15+/m1/s1. The van der Waals surface area contributed by atoms with Gasteiger partial charge in [0.1, 0.15) is 5.78 Å². The van der Waals surface area contributed by atoms with Gasteiger partial charge in [0, 0.05) is 12.5 Å². The molecule has 2 nitrogen and oxygen atoms in total. The van der Waals surface area contributed by atoms with Gasteiger partial charge in [-0.3, -0.25) is 0 Å². The van der Waals surface area contributed by atoms with E-state index in [2.05, 4.69) is 0 Å². The maximum absolute atomic E-state index is 11.3. The van der Waals surface area contributed by atoms with Crippen LogP contribution in [0.4, 0.5) is 0 Å². The summed E-state index contributed by atoms with van der Waals surface area (Å²) in [7, 11) is 0. The minimum Gasteiger partial charge on any atom is -0.300 e. The lowest BCUT2D eigenvalue weighted by molar-refractivity contribution is -0.117. The number of ketones is 1. The van der Waals surface area contributed by atoms with Crippen molar-refractivity contribution in [2.75, 3.05) is 0 Å². The van der Waals surface area contributed by atoms with Crippen LogP contribution >= 0.6 is 0 Å². The molecule has 2 atom stereocenters. The van der Waals surface area contributed by atoms with E-state index in [1.807, 2.05) is 49.4 Å². The topological polar surface area (TPSA) is 40.9 Å². The predicted octanol–water partition coefficient (Wildman–Crippen LogP) is 3.47. The number of allylic oxidation sites excluding steroid dienone is 2.